The molecular weight excluding hydrogens is 367 g/mol. The second kappa shape index (κ2) is 7.32. The van der Waals surface area contributed by atoms with Crippen LogP contribution in [-0.4, -0.2) is 40.8 Å². The van der Waals surface area contributed by atoms with E-state index >= 15 is 0 Å². The topological polar surface area (TPSA) is 50.2 Å². The summed E-state index contributed by atoms with van der Waals surface area (Å²) < 4.78 is 15.2. The Kier molecular flexibility index (Phi) is 4.97. The van der Waals surface area contributed by atoms with Gasteiger partial charge in [-0.2, -0.15) is 5.10 Å². The third kappa shape index (κ3) is 3.56. The van der Waals surface area contributed by atoms with E-state index in [1.807, 2.05) is 10.9 Å². The quantitative estimate of drug-likeness (QED) is 0.832. The van der Waals surface area contributed by atoms with Gasteiger partial charge in [-0.25, -0.2) is 13.9 Å². The minimum absolute atomic E-state index is 0.0390. The van der Waals surface area contributed by atoms with E-state index in [2.05, 4.69) is 30.3 Å². The molecule has 1 fully saturated rings. The van der Waals surface area contributed by atoms with Crippen LogP contribution < -0.4 is 5.32 Å². The summed E-state index contributed by atoms with van der Waals surface area (Å²) in [6.07, 6.45) is 8.37. The monoisotopic (exact) mass is 396 g/mol. The summed E-state index contributed by atoms with van der Waals surface area (Å²) in [4.78, 5) is 13.6. The number of hydrogen-bond acceptors (Lipinski definition) is 2. The molecule has 2 aliphatic carbocycles. The van der Waals surface area contributed by atoms with Crippen molar-refractivity contribution < 1.29 is 9.18 Å². The first-order valence-electron chi connectivity index (χ1n) is 10.3. The minimum atomic E-state index is -0.241. The lowest BCUT2D eigenvalue weighted by Gasteiger charge is -2.37. The van der Waals surface area contributed by atoms with Gasteiger partial charge in [0, 0.05) is 20.1 Å². The van der Waals surface area contributed by atoms with Gasteiger partial charge in [0.05, 0.1) is 17.6 Å². The van der Waals surface area contributed by atoms with Crippen LogP contribution in [0.1, 0.15) is 44.4 Å². The second-order valence-electron chi connectivity index (χ2n) is 8.92. The lowest BCUT2D eigenvalue weighted by atomic mass is 9.68. The fourth-order valence-electron chi connectivity index (χ4n) is 4.93. The maximum atomic E-state index is 13.3. The number of allylic oxidation sites excluding steroid dienone is 1. The highest BCUT2D eigenvalue weighted by Gasteiger charge is 2.45. The van der Waals surface area contributed by atoms with Crippen molar-refractivity contribution >= 4 is 12.1 Å². The van der Waals surface area contributed by atoms with Gasteiger partial charge < -0.3 is 10.2 Å². The first-order chi connectivity index (χ1) is 13.8. The van der Waals surface area contributed by atoms with E-state index in [0.29, 0.717) is 5.92 Å². The average molecular weight is 397 g/mol. The summed E-state index contributed by atoms with van der Waals surface area (Å²) in [5.41, 5.74) is 4.78. The van der Waals surface area contributed by atoms with E-state index in [-0.39, 0.29) is 23.3 Å². The maximum Gasteiger partial charge on any atom is 0.317 e. The molecule has 2 aromatic rings. The first-order valence-corrected chi connectivity index (χ1v) is 10.3. The molecule has 2 aliphatic rings. The number of hydrogen-bond donors (Lipinski definition) is 1. The van der Waals surface area contributed by atoms with E-state index in [0.717, 1.165) is 37.1 Å². The molecule has 1 aromatic heterocycles. The van der Waals surface area contributed by atoms with Gasteiger partial charge in [-0.3, -0.25) is 0 Å². The number of urea groups is 1. The molecule has 6 heteroatoms. The van der Waals surface area contributed by atoms with E-state index in [9.17, 15) is 9.18 Å². The molecule has 0 radical (unpaired) electrons. The molecule has 0 bridgehead atoms. The number of rotatable bonds is 4. The van der Waals surface area contributed by atoms with Crippen LogP contribution in [0.25, 0.3) is 11.8 Å². The zero-order chi connectivity index (χ0) is 20.8. The molecule has 1 aromatic carbocycles. The molecule has 0 aliphatic heterocycles. The summed E-state index contributed by atoms with van der Waals surface area (Å²) in [7, 11) is 3.53. The van der Waals surface area contributed by atoms with Crippen LogP contribution in [0, 0.1) is 17.2 Å². The van der Waals surface area contributed by atoms with Crippen LogP contribution in [0.4, 0.5) is 9.18 Å². The minimum Gasteiger partial charge on any atom is -0.336 e. The highest BCUT2D eigenvalue weighted by atomic mass is 19.1. The number of nitrogens with one attached hydrogen (secondary N) is 1. The van der Waals surface area contributed by atoms with Crippen molar-refractivity contribution in [1.82, 2.24) is 20.0 Å². The SMILES string of the molecule is CC(C[C@H]1CCC2=Cc3c(cnn3-c3ccc(F)cc3)C[C@@]21C)NC(=O)N(C)C. The average Bonchev–Trinajstić information content (AvgIpc) is 3.20. The number of fused-ring (bicyclic) bond motifs is 2. The number of aromatic nitrogens is 2. The van der Waals surface area contributed by atoms with Crippen LogP contribution in [0.5, 0.6) is 0 Å². The predicted molar refractivity (Wildman–Crippen MR) is 112 cm³/mol. The van der Waals surface area contributed by atoms with Gasteiger partial charge >= 0.3 is 6.03 Å². The van der Waals surface area contributed by atoms with E-state index in [1.165, 1.54) is 23.3 Å². The number of carbonyl (C=O) groups excluding carboxylic acids is 1. The largest absolute Gasteiger partial charge is 0.336 e. The van der Waals surface area contributed by atoms with E-state index in [1.54, 1.807) is 31.1 Å². The summed E-state index contributed by atoms with van der Waals surface area (Å²) in [5.74, 6) is 0.281. The summed E-state index contributed by atoms with van der Waals surface area (Å²) >= 11 is 0. The summed E-state index contributed by atoms with van der Waals surface area (Å²) in [6, 6.07) is 6.57. The van der Waals surface area contributed by atoms with Crippen molar-refractivity contribution in [2.45, 2.75) is 45.6 Å². The Labute approximate surface area is 171 Å². The maximum absolute atomic E-state index is 13.3. The number of carbonyl (C=O) groups is 1. The van der Waals surface area contributed by atoms with E-state index < -0.39 is 0 Å². The van der Waals surface area contributed by atoms with E-state index in [4.69, 9.17) is 0 Å². The van der Waals surface area contributed by atoms with Crippen LogP contribution >= 0.6 is 0 Å². The third-order valence-electron chi connectivity index (χ3n) is 6.64. The zero-order valence-electron chi connectivity index (χ0n) is 17.6. The fourth-order valence-corrected chi connectivity index (χ4v) is 4.93. The van der Waals surface area contributed by atoms with Gasteiger partial charge in [-0.15, -0.1) is 0 Å². The number of amides is 2. The second-order valence-corrected chi connectivity index (χ2v) is 8.92. The van der Waals surface area contributed by atoms with Gasteiger partial charge in [0.1, 0.15) is 5.82 Å². The lowest BCUT2D eigenvalue weighted by Crippen LogP contribution is -2.42. The molecule has 5 nitrogen and oxygen atoms in total. The molecule has 2 amide bonds. The molecule has 29 heavy (non-hydrogen) atoms. The van der Waals surface area contributed by atoms with Gasteiger partial charge in [0.2, 0.25) is 0 Å². The van der Waals surface area contributed by atoms with Crippen molar-refractivity contribution in [3.05, 3.63) is 53.1 Å². The van der Waals surface area contributed by atoms with Gasteiger partial charge in [0.15, 0.2) is 0 Å². The molecule has 1 heterocycles. The highest BCUT2D eigenvalue weighted by Crippen LogP contribution is 2.54. The molecule has 0 saturated heterocycles. The van der Waals surface area contributed by atoms with Gasteiger partial charge in [-0.05, 0) is 79.8 Å². The number of nitrogens with zero attached hydrogens (tertiary/aromatic N) is 3. The normalized spacial score (nSPS) is 23.8. The molecular formula is C23H29FN4O. The van der Waals surface area contributed by atoms with Crippen LogP contribution in [-0.2, 0) is 6.42 Å². The Hall–Kier alpha value is -2.63. The van der Waals surface area contributed by atoms with Crippen molar-refractivity contribution in [2.24, 2.45) is 11.3 Å². The smallest absolute Gasteiger partial charge is 0.317 e. The van der Waals surface area contributed by atoms with Crippen LogP contribution in [0.3, 0.4) is 0 Å². The Morgan fingerprint density at radius 3 is 2.79 bits per heavy atom. The van der Waals surface area contributed by atoms with Crippen molar-refractivity contribution in [2.75, 3.05) is 14.1 Å². The summed E-state index contributed by atoms with van der Waals surface area (Å²) in [5, 5.41) is 7.68. The molecule has 3 atom stereocenters. The molecule has 1 unspecified atom stereocenters. The molecule has 1 N–H and O–H groups in total. The van der Waals surface area contributed by atoms with Crippen LogP contribution in [0.2, 0.25) is 0 Å². The lowest BCUT2D eigenvalue weighted by molar-refractivity contribution is 0.202. The van der Waals surface area contributed by atoms with Crippen molar-refractivity contribution in [3.63, 3.8) is 0 Å². The standard InChI is InChI=1S/C23H29FN4O/c1-15(26-22(29)27(3)4)11-17-5-6-18-12-21-16(13-23(17,18)2)14-25-28(21)20-9-7-19(24)8-10-20/h7-10,12,14-15,17H,5-6,11,13H2,1-4H3,(H,26,29)/t15?,17-,23-/m1/s1. The highest BCUT2D eigenvalue weighted by molar-refractivity contribution is 5.73. The fraction of sp³-hybridized carbons (Fsp3) is 0.478. The van der Waals surface area contributed by atoms with Gasteiger partial charge in [0.25, 0.3) is 0 Å². The molecule has 154 valence electrons. The number of benzene rings is 1. The predicted octanol–water partition coefficient (Wildman–Crippen LogP) is 4.42. The Morgan fingerprint density at radius 2 is 2.10 bits per heavy atom. The number of halogens is 1. The van der Waals surface area contributed by atoms with Crippen molar-refractivity contribution in [3.8, 4) is 5.69 Å². The molecule has 0 spiro atoms. The van der Waals surface area contributed by atoms with Gasteiger partial charge in [-0.1, -0.05) is 12.5 Å². The van der Waals surface area contributed by atoms with Crippen molar-refractivity contribution in [1.29, 1.82) is 0 Å². The third-order valence-corrected chi connectivity index (χ3v) is 6.64. The summed E-state index contributed by atoms with van der Waals surface area (Å²) in [6.45, 7) is 4.45. The molecule has 1 saturated carbocycles. The Balaban J connectivity index is 1.55. The zero-order valence-corrected chi connectivity index (χ0v) is 17.6. The Bertz CT molecular complexity index is 946. The Morgan fingerprint density at radius 1 is 1.38 bits per heavy atom. The first kappa shape index (κ1) is 19.7. The molecule has 4 rings (SSSR count). The van der Waals surface area contributed by atoms with Crippen LogP contribution in [0.15, 0.2) is 36.0 Å².